The summed E-state index contributed by atoms with van der Waals surface area (Å²) in [6.07, 6.45) is 5.65. The van der Waals surface area contributed by atoms with E-state index in [1.807, 2.05) is 12.1 Å². The van der Waals surface area contributed by atoms with Crippen LogP contribution in [0.1, 0.15) is 32.1 Å². The number of sulfone groups is 1. The lowest BCUT2D eigenvalue weighted by atomic mass is 9.72. The number of anilines is 1. The van der Waals surface area contributed by atoms with Gasteiger partial charge in [-0.05, 0) is 90.9 Å². The van der Waals surface area contributed by atoms with Gasteiger partial charge in [-0.2, -0.15) is 0 Å². The Bertz CT molecular complexity index is 1810. The number of ether oxygens (including phenoxy) is 2. The molecule has 234 valence electrons. The van der Waals surface area contributed by atoms with Crippen LogP contribution in [0.15, 0.2) is 90.1 Å². The summed E-state index contributed by atoms with van der Waals surface area (Å²) >= 11 is 6.12. The summed E-state index contributed by atoms with van der Waals surface area (Å²) in [7, 11) is -2.46. The Morgan fingerprint density at radius 2 is 1.64 bits per heavy atom. The Hall–Kier alpha value is -3.95. The molecule has 2 aliphatic rings. The molecule has 2 unspecified atom stereocenters. The first kappa shape index (κ1) is 31.0. The van der Waals surface area contributed by atoms with Crippen LogP contribution in [0.25, 0.3) is 10.8 Å². The van der Waals surface area contributed by atoms with Gasteiger partial charge in [-0.15, -0.1) is 0 Å². The molecule has 0 bridgehead atoms. The maximum Gasteiger partial charge on any atom is 0.315 e. The van der Waals surface area contributed by atoms with Crippen molar-refractivity contribution in [1.82, 2.24) is 4.98 Å². The number of hydrogen-bond acceptors (Lipinski definition) is 8. The van der Waals surface area contributed by atoms with Crippen molar-refractivity contribution < 1.29 is 27.5 Å². The second-order valence-corrected chi connectivity index (χ2v) is 14.5. The van der Waals surface area contributed by atoms with Crippen molar-refractivity contribution in [2.24, 2.45) is 17.8 Å². The van der Waals surface area contributed by atoms with E-state index < -0.39 is 32.9 Å². The van der Waals surface area contributed by atoms with Crippen LogP contribution in [-0.4, -0.2) is 50.6 Å². The molecule has 45 heavy (non-hydrogen) atoms. The van der Waals surface area contributed by atoms with Crippen molar-refractivity contribution in [3.05, 3.63) is 90.2 Å². The number of fused-ring (bicyclic) bond motifs is 1. The first-order chi connectivity index (χ1) is 21.7. The average molecular weight is 647 g/mol. The third-order valence-electron chi connectivity index (χ3n) is 9.20. The number of esters is 1. The van der Waals surface area contributed by atoms with Gasteiger partial charge in [0.1, 0.15) is 5.78 Å². The number of methoxy groups -OCH3 is 1. The van der Waals surface area contributed by atoms with Crippen LogP contribution in [0.4, 0.5) is 5.69 Å². The zero-order valence-corrected chi connectivity index (χ0v) is 26.5. The van der Waals surface area contributed by atoms with Crippen LogP contribution in [0.3, 0.4) is 0 Å². The number of para-hydroxylation sites is 2. The third-order valence-corrected chi connectivity index (χ3v) is 11.6. The fourth-order valence-corrected chi connectivity index (χ4v) is 8.67. The summed E-state index contributed by atoms with van der Waals surface area (Å²) in [5.41, 5.74) is 1.11. The van der Waals surface area contributed by atoms with Crippen molar-refractivity contribution in [2.75, 3.05) is 25.1 Å². The van der Waals surface area contributed by atoms with Crippen molar-refractivity contribution in [1.29, 1.82) is 0 Å². The highest BCUT2D eigenvalue weighted by Gasteiger charge is 2.47. The van der Waals surface area contributed by atoms with E-state index in [0.29, 0.717) is 17.2 Å². The number of benzene rings is 3. The molecule has 2 fully saturated rings. The minimum Gasteiger partial charge on any atom is -0.493 e. The number of aromatic nitrogens is 1. The summed E-state index contributed by atoms with van der Waals surface area (Å²) in [5, 5.41) is 1.05. The fourth-order valence-electron chi connectivity index (χ4n) is 6.72. The van der Waals surface area contributed by atoms with Crippen molar-refractivity contribution in [3.8, 4) is 11.5 Å². The minimum atomic E-state index is -3.94. The maximum absolute atomic E-state index is 14.0. The molecule has 1 saturated carbocycles. The van der Waals surface area contributed by atoms with Crippen molar-refractivity contribution in [3.63, 3.8) is 0 Å². The molecular weight excluding hydrogens is 612 g/mol. The van der Waals surface area contributed by atoms with E-state index in [0.717, 1.165) is 42.4 Å². The molecule has 0 radical (unpaired) electrons. The van der Waals surface area contributed by atoms with Gasteiger partial charge < -0.3 is 14.4 Å². The summed E-state index contributed by atoms with van der Waals surface area (Å²) in [6.45, 7) is 1.66. The second-order valence-electron chi connectivity index (χ2n) is 11.9. The molecule has 0 spiro atoms. The lowest BCUT2D eigenvalue weighted by molar-refractivity contribution is -0.147. The van der Waals surface area contributed by atoms with E-state index in [1.165, 1.54) is 7.11 Å². The third kappa shape index (κ3) is 6.70. The highest BCUT2D eigenvalue weighted by molar-refractivity contribution is 7.92. The van der Waals surface area contributed by atoms with E-state index in [-0.39, 0.29) is 35.2 Å². The number of halogens is 1. The van der Waals surface area contributed by atoms with Crippen LogP contribution in [0, 0.1) is 17.8 Å². The van der Waals surface area contributed by atoms with Crippen LogP contribution in [-0.2, 0) is 19.4 Å². The Morgan fingerprint density at radius 3 is 2.38 bits per heavy atom. The Kier molecular flexibility index (Phi) is 9.10. The van der Waals surface area contributed by atoms with Crippen molar-refractivity contribution >= 4 is 49.7 Å². The van der Waals surface area contributed by atoms with E-state index in [2.05, 4.69) is 9.88 Å². The average Bonchev–Trinajstić information content (AvgIpc) is 3.06. The zero-order chi connectivity index (χ0) is 31.6. The number of piperidine rings is 1. The largest absolute Gasteiger partial charge is 0.493 e. The lowest BCUT2D eigenvalue weighted by Crippen LogP contribution is -2.45. The maximum atomic E-state index is 14.0. The van der Waals surface area contributed by atoms with E-state index in [9.17, 15) is 18.0 Å². The summed E-state index contributed by atoms with van der Waals surface area (Å²) in [4.78, 5) is 34.2. The van der Waals surface area contributed by atoms with Crippen LogP contribution in [0.2, 0.25) is 5.02 Å². The molecule has 1 aliphatic heterocycles. The number of carbonyl (C=O) groups excluding carboxylic acids is 2. The summed E-state index contributed by atoms with van der Waals surface area (Å²) in [5.74, 6) is -1.52. The van der Waals surface area contributed by atoms with Crippen LogP contribution in [0.5, 0.6) is 11.5 Å². The SMILES string of the molecule is COc1ccccc1OC(=O)[C@H]1CC(S(=O)(=O)c2ccc3cc(Cl)ccc3c2)CC(=O)C1CC1CCN(c2ccncc2)CC1. The number of ketones is 1. The molecule has 10 heteroatoms. The molecule has 3 atom stereocenters. The number of nitrogens with zero attached hydrogens (tertiary/aromatic N) is 2. The smallest absolute Gasteiger partial charge is 0.315 e. The van der Waals surface area contributed by atoms with Gasteiger partial charge in [0.05, 0.1) is 23.2 Å². The van der Waals surface area contributed by atoms with E-state index in [4.69, 9.17) is 21.1 Å². The zero-order valence-electron chi connectivity index (χ0n) is 25.0. The predicted molar refractivity (Wildman–Crippen MR) is 174 cm³/mol. The molecule has 1 aliphatic carbocycles. The molecule has 1 aromatic heterocycles. The van der Waals surface area contributed by atoms with Gasteiger partial charge >= 0.3 is 5.97 Å². The fraction of sp³-hybridized carbons (Fsp3) is 0.343. The molecular formula is C35H35ClN2O6S. The van der Waals surface area contributed by atoms with Gasteiger partial charge in [0.15, 0.2) is 21.3 Å². The predicted octanol–water partition coefficient (Wildman–Crippen LogP) is 6.55. The standard InChI is InChI=1S/C35H35ClN2O6S/c1-43-33-4-2-3-5-34(33)44-35(40)31-21-29(45(41,42)28-9-7-24-19-26(36)8-6-25(24)20-28)22-32(39)30(31)18-23-12-16-38(17-13-23)27-10-14-37-15-11-27/h2-11,14-15,19-20,23,29-31H,12-13,16-18,21-22H2,1H3/t29?,30?,31-/m0/s1. The van der Waals surface area contributed by atoms with E-state index >= 15 is 0 Å². The van der Waals surface area contributed by atoms with Gasteiger partial charge in [0.2, 0.25) is 0 Å². The summed E-state index contributed by atoms with van der Waals surface area (Å²) < 4.78 is 39.1. The topological polar surface area (TPSA) is 103 Å². The second kappa shape index (κ2) is 13.2. The minimum absolute atomic E-state index is 0.00123. The lowest BCUT2D eigenvalue weighted by Gasteiger charge is -2.38. The first-order valence-corrected chi connectivity index (χ1v) is 17.1. The number of pyridine rings is 1. The Balaban J connectivity index is 1.25. The van der Waals surface area contributed by atoms with Crippen molar-refractivity contribution in [2.45, 2.75) is 42.2 Å². The van der Waals surface area contributed by atoms with E-state index in [1.54, 1.807) is 73.1 Å². The molecule has 4 aromatic rings. The molecule has 0 N–H and O–H groups in total. The monoisotopic (exact) mass is 646 g/mol. The molecule has 6 rings (SSSR count). The number of Topliss-reactive ketones (excluding diaryl/α,β-unsaturated/α-hetero) is 1. The molecule has 1 saturated heterocycles. The quantitative estimate of drug-likeness (QED) is 0.157. The molecule has 3 aromatic carbocycles. The number of rotatable bonds is 8. The van der Waals surface area contributed by atoms with Gasteiger partial charge in [-0.1, -0.05) is 35.9 Å². The molecule has 2 heterocycles. The van der Waals surface area contributed by atoms with Crippen LogP contribution >= 0.6 is 11.6 Å². The first-order valence-electron chi connectivity index (χ1n) is 15.2. The Labute approximate surface area is 268 Å². The van der Waals surface area contributed by atoms with Gasteiger partial charge in [-0.3, -0.25) is 14.6 Å². The number of carbonyl (C=O) groups is 2. The molecule has 8 nitrogen and oxygen atoms in total. The highest BCUT2D eigenvalue weighted by atomic mass is 35.5. The van der Waals surface area contributed by atoms with Gasteiger partial charge in [0.25, 0.3) is 0 Å². The molecule has 0 amide bonds. The van der Waals surface area contributed by atoms with Gasteiger partial charge in [0, 0.05) is 48.5 Å². The highest BCUT2D eigenvalue weighted by Crippen LogP contribution is 2.41. The van der Waals surface area contributed by atoms with Gasteiger partial charge in [-0.25, -0.2) is 8.42 Å². The summed E-state index contributed by atoms with van der Waals surface area (Å²) in [6, 6.07) is 20.9. The number of hydrogen-bond donors (Lipinski definition) is 0. The normalized spacial score (nSPS) is 21.1. The Morgan fingerprint density at radius 1 is 0.956 bits per heavy atom. The van der Waals surface area contributed by atoms with Crippen LogP contribution < -0.4 is 14.4 Å².